The Labute approximate surface area is 157 Å². The van der Waals surface area contributed by atoms with Crippen molar-refractivity contribution in [2.75, 3.05) is 43.2 Å². The highest BCUT2D eigenvalue weighted by Crippen LogP contribution is 2.34. The highest BCUT2D eigenvalue weighted by atomic mass is 19.1. The topological polar surface area (TPSA) is 54.0 Å². The lowest BCUT2D eigenvalue weighted by Gasteiger charge is -2.38. The van der Waals surface area contributed by atoms with Crippen molar-refractivity contribution in [1.29, 1.82) is 0 Å². The van der Waals surface area contributed by atoms with Gasteiger partial charge in [-0.15, -0.1) is 0 Å². The number of hydrogen-bond acceptors (Lipinski definition) is 5. The molecule has 1 N–H and O–H groups in total. The number of hydrogen-bond donors (Lipinski definition) is 1. The first-order valence-corrected chi connectivity index (χ1v) is 9.06. The number of ether oxygens (including phenoxy) is 2. The summed E-state index contributed by atoms with van der Waals surface area (Å²) in [6.45, 7) is 4.86. The first kappa shape index (κ1) is 17.6. The lowest BCUT2D eigenvalue weighted by Crippen LogP contribution is -2.53. The number of carbonyl (C=O) groups is 1. The molecule has 2 aromatic carbocycles. The van der Waals surface area contributed by atoms with E-state index in [0.717, 1.165) is 0 Å². The van der Waals surface area contributed by atoms with Gasteiger partial charge in [-0.05, 0) is 31.2 Å². The van der Waals surface area contributed by atoms with E-state index in [1.807, 2.05) is 17.9 Å². The van der Waals surface area contributed by atoms with Gasteiger partial charge in [0.2, 0.25) is 12.7 Å². The Balaban J connectivity index is 1.34. The van der Waals surface area contributed by atoms with Crippen LogP contribution in [-0.2, 0) is 4.79 Å². The van der Waals surface area contributed by atoms with E-state index in [1.165, 1.54) is 6.07 Å². The summed E-state index contributed by atoms with van der Waals surface area (Å²) in [5, 5.41) is 2.93. The fourth-order valence-electron chi connectivity index (χ4n) is 3.45. The Bertz CT molecular complexity index is 837. The van der Waals surface area contributed by atoms with Crippen molar-refractivity contribution in [2.24, 2.45) is 0 Å². The molecule has 7 heteroatoms. The average Bonchev–Trinajstić information content (AvgIpc) is 3.16. The molecule has 0 unspecified atom stereocenters. The SMILES string of the molecule is C[C@@H](C(=O)Nc1ccc2c(c1)OCO2)N1CCN(c2ccccc2F)CC1. The summed E-state index contributed by atoms with van der Waals surface area (Å²) >= 11 is 0. The number of amides is 1. The molecule has 6 nitrogen and oxygen atoms in total. The summed E-state index contributed by atoms with van der Waals surface area (Å²) in [6, 6.07) is 11.9. The fourth-order valence-corrected chi connectivity index (χ4v) is 3.45. The van der Waals surface area contributed by atoms with Gasteiger partial charge < -0.3 is 19.7 Å². The van der Waals surface area contributed by atoms with Gasteiger partial charge in [-0.2, -0.15) is 0 Å². The minimum Gasteiger partial charge on any atom is -0.454 e. The minimum absolute atomic E-state index is 0.0757. The molecule has 2 aliphatic rings. The second kappa shape index (κ2) is 7.44. The zero-order valence-corrected chi connectivity index (χ0v) is 15.2. The normalized spacial score (nSPS) is 17.6. The second-order valence-corrected chi connectivity index (χ2v) is 6.71. The maximum atomic E-state index is 14.0. The number of carbonyl (C=O) groups excluding carboxylic acids is 1. The van der Waals surface area contributed by atoms with Gasteiger partial charge in [0.05, 0.1) is 11.7 Å². The van der Waals surface area contributed by atoms with Crippen molar-refractivity contribution < 1.29 is 18.7 Å². The van der Waals surface area contributed by atoms with Crippen LogP contribution < -0.4 is 19.7 Å². The molecule has 2 aliphatic heterocycles. The maximum absolute atomic E-state index is 14.0. The smallest absolute Gasteiger partial charge is 0.241 e. The molecular formula is C20H22FN3O3. The fraction of sp³-hybridized carbons (Fsp3) is 0.350. The average molecular weight is 371 g/mol. The number of halogens is 1. The summed E-state index contributed by atoms with van der Waals surface area (Å²) in [6.07, 6.45) is 0. The van der Waals surface area contributed by atoms with Crippen molar-refractivity contribution >= 4 is 17.3 Å². The number of piperazine rings is 1. The van der Waals surface area contributed by atoms with Crippen molar-refractivity contribution in [1.82, 2.24) is 4.90 Å². The van der Waals surface area contributed by atoms with E-state index >= 15 is 0 Å². The zero-order valence-electron chi connectivity index (χ0n) is 15.2. The molecule has 1 amide bonds. The highest BCUT2D eigenvalue weighted by Gasteiger charge is 2.27. The summed E-state index contributed by atoms with van der Waals surface area (Å²) in [7, 11) is 0. The maximum Gasteiger partial charge on any atom is 0.241 e. The van der Waals surface area contributed by atoms with E-state index in [1.54, 1.807) is 30.3 Å². The van der Waals surface area contributed by atoms with Gasteiger partial charge in [0, 0.05) is 37.9 Å². The number of rotatable bonds is 4. The Hall–Kier alpha value is -2.80. The van der Waals surface area contributed by atoms with Crippen LogP contribution in [0, 0.1) is 5.82 Å². The predicted octanol–water partition coefficient (Wildman–Crippen LogP) is 2.70. The van der Waals surface area contributed by atoms with E-state index < -0.39 is 0 Å². The number of anilines is 2. The van der Waals surface area contributed by atoms with Crippen molar-refractivity contribution in [3.05, 3.63) is 48.3 Å². The van der Waals surface area contributed by atoms with E-state index in [0.29, 0.717) is 49.1 Å². The van der Waals surface area contributed by atoms with Crippen LogP contribution in [0.2, 0.25) is 0 Å². The quantitative estimate of drug-likeness (QED) is 0.896. The van der Waals surface area contributed by atoms with Crippen LogP contribution in [-0.4, -0.2) is 49.8 Å². The van der Waals surface area contributed by atoms with Gasteiger partial charge in [0.1, 0.15) is 5.82 Å². The van der Waals surface area contributed by atoms with Gasteiger partial charge in [-0.3, -0.25) is 9.69 Å². The number of nitrogens with one attached hydrogen (secondary N) is 1. The first-order chi connectivity index (χ1) is 13.1. The molecule has 0 aromatic heterocycles. The van der Waals surface area contributed by atoms with Crippen LogP contribution in [0.3, 0.4) is 0 Å². The Kier molecular flexibility index (Phi) is 4.85. The molecule has 142 valence electrons. The predicted molar refractivity (Wildman–Crippen MR) is 101 cm³/mol. The second-order valence-electron chi connectivity index (χ2n) is 6.71. The van der Waals surface area contributed by atoms with Crippen molar-refractivity contribution in [3.8, 4) is 11.5 Å². The van der Waals surface area contributed by atoms with E-state index in [9.17, 15) is 9.18 Å². The molecule has 27 heavy (non-hydrogen) atoms. The third-order valence-electron chi connectivity index (χ3n) is 5.07. The first-order valence-electron chi connectivity index (χ1n) is 9.06. The molecule has 2 heterocycles. The summed E-state index contributed by atoms with van der Waals surface area (Å²) in [5.41, 5.74) is 1.30. The van der Waals surface area contributed by atoms with Gasteiger partial charge in [0.25, 0.3) is 0 Å². The highest BCUT2D eigenvalue weighted by molar-refractivity contribution is 5.94. The molecule has 0 spiro atoms. The van der Waals surface area contributed by atoms with Gasteiger partial charge >= 0.3 is 0 Å². The molecule has 1 atom stereocenters. The lowest BCUT2D eigenvalue weighted by atomic mass is 10.2. The Morgan fingerprint density at radius 2 is 1.81 bits per heavy atom. The van der Waals surface area contributed by atoms with E-state index in [4.69, 9.17) is 9.47 Å². The lowest BCUT2D eigenvalue weighted by molar-refractivity contribution is -0.120. The molecular weight excluding hydrogens is 349 g/mol. The molecule has 4 rings (SSSR count). The van der Waals surface area contributed by atoms with Crippen LogP contribution >= 0.6 is 0 Å². The summed E-state index contributed by atoms with van der Waals surface area (Å²) < 4.78 is 24.6. The molecule has 1 saturated heterocycles. The number of fused-ring (bicyclic) bond motifs is 1. The molecule has 0 bridgehead atoms. The van der Waals surface area contributed by atoms with Crippen LogP contribution in [0.5, 0.6) is 11.5 Å². The zero-order chi connectivity index (χ0) is 18.8. The standard InChI is InChI=1S/C20H22FN3O3/c1-14(20(25)22-15-6-7-18-19(12-15)27-13-26-18)23-8-10-24(11-9-23)17-5-3-2-4-16(17)21/h2-7,12,14H,8-11,13H2,1H3,(H,22,25)/t14-/m0/s1. The van der Waals surface area contributed by atoms with Crippen LogP contribution in [0.15, 0.2) is 42.5 Å². The molecule has 1 fully saturated rings. The minimum atomic E-state index is -0.279. The van der Waals surface area contributed by atoms with Crippen LogP contribution in [0.4, 0.5) is 15.8 Å². The third-order valence-corrected chi connectivity index (χ3v) is 5.07. The molecule has 2 aromatic rings. The van der Waals surface area contributed by atoms with Crippen LogP contribution in [0.1, 0.15) is 6.92 Å². The van der Waals surface area contributed by atoms with Crippen molar-refractivity contribution in [3.63, 3.8) is 0 Å². The number of benzene rings is 2. The monoisotopic (exact) mass is 371 g/mol. The molecule has 0 aliphatic carbocycles. The van der Waals surface area contributed by atoms with Crippen LogP contribution in [0.25, 0.3) is 0 Å². The van der Waals surface area contributed by atoms with E-state index in [2.05, 4.69) is 10.2 Å². The summed E-state index contributed by atoms with van der Waals surface area (Å²) in [5.74, 6) is 1.04. The van der Waals surface area contributed by atoms with E-state index in [-0.39, 0.29) is 24.6 Å². The Morgan fingerprint density at radius 1 is 1.07 bits per heavy atom. The number of para-hydroxylation sites is 1. The van der Waals surface area contributed by atoms with Gasteiger partial charge in [0.15, 0.2) is 11.5 Å². The molecule has 0 saturated carbocycles. The van der Waals surface area contributed by atoms with Gasteiger partial charge in [-0.25, -0.2) is 4.39 Å². The molecule has 0 radical (unpaired) electrons. The largest absolute Gasteiger partial charge is 0.454 e. The Morgan fingerprint density at radius 3 is 2.59 bits per heavy atom. The van der Waals surface area contributed by atoms with Crippen molar-refractivity contribution in [2.45, 2.75) is 13.0 Å². The van der Waals surface area contributed by atoms with Gasteiger partial charge in [-0.1, -0.05) is 12.1 Å². The number of nitrogens with zero attached hydrogens (tertiary/aromatic N) is 2. The third kappa shape index (κ3) is 3.68. The summed E-state index contributed by atoms with van der Waals surface area (Å²) in [4.78, 5) is 16.8.